The van der Waals surface area contributed by atoms with E-state index in [-0.39, 0.29) is 11.9 Å². The van der Waals surface area contributed by atoms with E-state index in [4.69, 9.17) is 0 Å². The fourth-order valence-electron chi connectivity index (χ4n) is 2.92. The lowest BCUT2D eigenvalue weighted by Crippen LogP contribution is -2.42. The SMILES string of the molecule is CN(Cc1ccc2nsnc2c1)C(=O)C1NCCc2[nH]cnc21. The molecule has 1 aliphatic heterocycles. The minimum absolute atomic E-state index is 0.0227. The molecule has 0 bridgehead atoms. The average Bonchev–Trinajstić information content (AvgIpc) is 3.21. The Morgan fingerprint density at radius 3 is 3.17 bits per heavy atom. The van der Waals surface area contributed by atoms with Gasteiger partial charge in [0, 0.05) is 32.3 Å². The zero-order chi connectivity index (χ0) is 15.8. The Kier molecular flexibility index (Phi) is 3.55. The van der Waals surface area contributed by atoms with Gasteiger partial charge in [0.2, 0.25) is 5.91 Å². The van der Waals surface area contributed by atoms with Crippen LogP contribution in [0.1, 0.15) is 23.0 Å². The molecule has 0 aliphatic carbocycles. The maximum atomic E-state index is 12.8. The third-order valence-corrected chi connectivity index (χ3v) is 4.67. The van der Waals surface area contributed by atoms with Crippen LogP contribution in [0.4, 0.5) is 0 Å². The number of carbonyl (C=O) groups is 1. The highest BCUT2D eigenvalue weighted by Gasteiger charge is 2.30. The molecular weight excluding hydrogens is 312 g/mol. The number of H-pyrrole nitrogens is 1. The molecule has 0 saturated carbocycles. The zero-order valence-electron chi connectivity index (χ0n) is 12.6. The number of rotatable bonds is 3. The normalized spacial score (nSPS) is 17.2. The van der Waals surface area contributed by atoms with Crippen LogP contribution < -0.4 is 5.32 Å². The molecule has 8 heteroatoms. The summed E-state index contributed by atoms with van der Waals surface area (Å²) in [5.74, 6) is 0.0227. The summed E-state index contributed by atoms with van der Waals surface area (Å²) >= 11 is 1.20. The number of nitrogens with zero attached hydrogens (tertiary/aromatic N) is 4. The van der Waals surface area contributed by atoms with Crippen molar-refractivity contribution in [3.8, 4) is 0 Å². The van der Waals surface area contributed by atoms with Gasteiger partial charge in [0.15, 0.2) is 0 Å². The largest absolute Gasteiger partial charge is 0.348 e. The van der Waals surface area contributed by atoms with Crippen LogP contribution in [0.5, 0.6) is 0 Å². The number of imidazole rings is 1. The van der Waals surface area contributed by atoms with E-state index in [1.165, 1.54) is 11.7 Å². The van der Waals surface area contributed by atoms with Gasteiger partial charge in [0.1, 0.15) is 17.1 Å². The van der Waals surface area contributed by atoms with Crippen molar-refractivity contribution < 1.29 is 4.79 Å². The third-order valence-electron chi connectivity index (χ3n) is 4.11. The van der Waals surface area contributed by atoms with Crippen LogP contribution >= 0.6 is 11.7 Å². The highest BCUT2D eigenvalue weighted by atomic mass is 32.1. The molecule has 1 atom stereocenters. The van der Waals surface area contributed by atoms with Crippen LogP contribution in [-0.4, -0.2) is 43.1 Å². The lowest BCUT2D eigenvalue weighted by Gasteiger charge is -2.27. The van der Waals surface area contributed by atoms with E-state index in [0.29, 0.717) is 6.54 Å². The Bertz CT molecular complexity index is 856. The fourth-order valence-corrected chi connectivity index (χ4v) is 3.44. The van der Waals surface area contributed by atoms with E-state index in [9.17, 15) is 4.79 Å². The van der Waals surface area contributed by atoms with Crippen molar-refractivity contribution in [2.24, 2.45) is 0 Å². The second kappa shape index (κ2) is 5.71. The quantitative estimate of drug-likeness (QED) is 0.756. The molecule has 3 aromatic rings. The number of carbonyl (C=O) groups excluding carboxylic acids is 1. The van der Waals surface area contributed by atoms with Gasteiger partial charge < -0.3 is 15.2 Å². The monoisotopic (exact) mass is 328 g/mol. The first-order valence-corrected chi connectivity index (χ1v) is 8.17. The van der Waals surface area contributed by atoms with Crippen molar-refractivity contribution in [3.63, 3.8) is 0 Å². The van der Waals surface area contributed by atoms with E-state index in [1.54, 1.807) is 11.2 Å². The smallest absolute Gasteiger partial charge is 0.246 e. The summed E-state index contributed by atoms with van der Waals surface area (Å²) in [5, 5.41) is 3.26. The Labute approximate surface area is 137 Å². The second-order valence-electron chi connectivity index (χ2n) is 5.69. The summed E-state index contributed by atoms with van der Waals surface area (Å²) < 4.78 is 8.44. The number of likely N-dealkylation sites (N-methyl/N-ethyl adjacent to an activating group) is 1. The van der Waals surface area contributed by atoms with Gasteiger partial charge in [-0.3, -0.25) is 4.79 Å². The van der Waals surface area contributed by atoms with Gasteiger partial charge in [-0.05, 0) is 17.7 Å². The molecular formula is C15H16N6OS. The third kappa shape index (κ3) is 2.60. The van der Waals surface area contributed by atoms with Crippen LogP contribution in [0.15, 0.2) is 24.5 Å². The molecule has 0 fully saturated rings. The van der Waals surface area contributed by atoms with Crippen molar-refractivity contribution >= 4 is 28.7 Å². The van der Waals surface area contributed by atoms with Crippen LogP contribution in [0.2, 0.25) is 0 Å². The molecule has 2 aromatic heterocycles. The number of aromatic nitrogens is 4. The molecule has 0 saturated heterocycles. The minimum atomic E-state index is -0.375. The number of nitrogens with one attached hydrogen (secondary N) is 2. The van der Waals surface area contributed by atoms with Crippen LogP contribution in [0.25, 0.3) is 11.0 Å². The number of hydrogen-bond acceptors (Lipinski definition) is 6. The first-order chi connectivity index (χ1) is 11.2. The number of fused-ring (bicyclic) bond motifs is 2. The molecule has 23 heavy (non-hydrogen) atoms. The first kappa shape index (κ1) is 14.3. The van der Waals surface area contributed by atoms with E-state index in [2.05, 4.69) is 24.0 Å². The number of hydrogen-bond donors (Lipinski definition) is 2. The summed E-state index contributed by atoms with van der Waals surface area (Å²) in [5.41, 5.74) is 4.67. The Hall–Kier alpha value is -2.32. The average molecular weight is 328 g/mol. The van der Waals surface area contributed by atoms with Crippen LogP contribution in [-0.2, 0) is 17.8 Å². The maximum absolute atomic E-state index is 12.8. The van der Waals surface area contributed by atoms with E-state index >= 15 is 0 Å². The second-order valence-corrected chi connectivity index (χ2v) is 6.21. The van der Waals surface area contributed by atoms with E-state index < -0.39 is 0 Å². The molecule has 1 unspecified atom stereocenters. The van der Waals surface area contributed by atoms with Crippen molar-refractivity contribution in [2.75, 3.05) is 13.6 Å². The Morgan fingerprint density at radius 1 is 1.39 bits per heavy atom. The highest BCUT2D eigenvalue weighted by molar-refractivity contribution is 7.00. The summed E-state index contributed by atoms with van der Waals surface area (Å²) in [4.78, 5) is 21.9. The lowest BCUT2D eigenvalue weighted by molar-refractivity contribution is -0.133. The molecule has 1 aliphatic rings. The molecule has 118 valence electrons. The predicted octanol–water partition coefficient (Wildman–Crippen LogP) is 1.26. The number of amides is 1. The Morgan fingerprint density at radius 2 is 2.26 bits per heavy atom. The van der Waals surface area contributed by atoms with Gasteiger partial charge in [0.25, 0.3) is 0 Å². The van der Waals surface area contributed by atoms with Gasteiger partial charge in [-0.2, -0.15) is 8.75 Å². The van der Waals surface area contributed by atoms with Crippen LogP contribution in [0.3, 0.4) is 0 Å². The standard InChI is InChI=1S/C15H16N6OS/c1-21(7-9-2-3-10-12(6-9)20-23-19-10)15(22)14-13-11(4-5-16-14)17-8-18-13/h2-3,6,8,14,16H,4-5,7H2,1H3,(H,17,18). The summed E-state index contributed by atoms with van der Waals surface area (Å²) in [6, 6.07) is 5.54. The van der Waals surface area contributed by atoms with Gasteiger partial charge in [-0.25, -0.2) is 4.98 Å². The van der Waals surface area contributed by atoms with Gasteiger partial charge in [-0.1, -0.05) is 6.07 Å². The molecule has 1 amide bonds. The summed E-state index contributed by atoms with van der Waals surface area (Å²) in [7, 11) is 1.81. The molecule has 1 aromatic carbocycles. The predicted molar refractivity (Wildman–Crippen MR) is 86.9 cm³/mol. The topological polar surface area (TPSA) is 86.8 Å². The number of benzene rings is 1. The Balaban J connectivity index is 1.53. The fraction of sp³-hybridized carbons (Fsp3) is 0.333. The van der Waals surface area contributed by atoms with Crippen molar-refractivity contribution in [1.29, 1.82) is 0 Å². The minimum Gasteiger partial charge on any atom is -0.348 e. The summed E-state index contributed by atoms with van der Waals surface area (Å²) in [6.07, 6.45) is 2.53. The van der Waals surface area contributed by atoms with Crippen LogP contribution in [0, 0.1) is 0 Å². The molecule has 0 spiro atoms. The van der Waals surface area contributed by atoms with E-state index in [1.807, 2.05) is 25.2 Å². The van der Waals surface area contributed by atoms with Gasteiger partial charge in [0.05, 0.1) is 23.7 Å². The first-order valence-electron chi connectivity index (χ1n) is 7.44. The molecule has 7 nitrogen and oxygen atoms in total. The van der Waals surface area contributed by atoms with Crippen molar-refractivity contribution in [3.05, 3.63) is 41.5 Å². The molecule has 2 N–H and O–H groups in total. The lowest BCUT2D eigenvalue weighted by atomic mass is 10.0. The molecule has 4 rings (SSSR count). The van der Waals surface area contributed by atoms with Crippen molar-refractivity contribution in [1.82, 2.24) is 28.9 Å². The summed E-state index contributed by atoms with van der Waals surface area (Å²) in [6.45, 7) is 1.31. The van der Waals surface area contributed by atoms with Gasteiger partial charge >= 0.3 is 0 Å². The molecule has 3 heterocycles. The number of aromatic amines is 1. The molecule has 0 radical (unpaired) electrons. The van der Waals surface area contributed by atoms with Gasteiger partial charge in [-0.15, -0.1) is 0 Å². The van der Waals surface area contributed by atoms with E-state index in [0.717, 1.165) is 41.0 Å². The maximum Gasteiger partial charge on any atom is 0.246 e. The highest BCUT2D eigenvalue weighted by Crippen LogP contribution is 2.22. The van der Waals surface area contributed by atoms with Crippen molar-refractivity contribution in [2.45, 2.75) is 19.0 Å². The zero-order valence-corrected chi connectivity index (χ0v) is 13.4.